The fourth-order valence-electron chi connectivity index (χ4n) is 1.07. The second kappa shape index (κ2) is 6.85. The van der Waals surface area contributed by atoms with Crippen LogP contribution in [0.3, 0.4) is 0 Å². The first kappa shape index (κ1) is 12.5. The van der Waals surface area contributed by atoms with Crippen molar-refractivity contribution in [1.29, 1.82) is 5.26 Å². The molecule has 16 heavy (non-hydrogen) atoms. The molecule has 84 valence electrons. The molecule has 0 saturated heterocycles. The zero-order valence-corrected chi connectivity index (χ0v) is 9.79. The van der Waals surface area contributed by atoms with E-state index in [0.29, 0.717) is 6.61 Å². The lowest BCUT2D eigenvalue weighted by molar-refractivity contribution is 0.0529. The number of aromatic nitrogens is 1. The lowest BCUT2D eigenvalue weighted by Crippen LogP contribution is -2.10. The van der Waals surface area contributed by atoms with E-state index in [0.717, 1.165) is 11.5 Å². The van der Waals surface area contributed by atoms with Gasteiger partial charge in [-0.05, 0) is 17.9 Å². The number of nitrogens with zero attached hydrogens (tertiary/aromatic N) is 2. The standard InChI is InChI=1S/C11H12N2O2S/c1-2-16-7-6-15-11(14)9-4-3-5-13-10(9)8-12/h3-5H,2,6-7H2,1H3. The molecule has 0 saturated carbocycles. The second-order valence-corrected chi connectivity index (χ2v) is 4.24. The van der Waals surface area contributed by atoms with Crippen molar-refractivity contribution in [3.8, 4) is 6.07 Å². The number of pyridine rings is 1. The predicted octanol–water partition coefficient (Wildman–Crippen LogP) is 1.86. The Morgan fingerprint density at radius 3 is 3.19 bits per heavy atom. The van der Waals surface area contributed by atoms with Crippen LogP contribution >= 0.6 is 11.8 Å². The van der Waals surface area contributed by atoms with E-state index in [1.807, 2.05) is 13.0 Å². The maximum atomic E-state index is 11.6. The van der Waals surface area contributed by atoms with Crippen molar-refractivity contribution in [2.24, 2.45) is 0 Å². The van der Waals surface area contributed by atoms with E-state index in [1.54, 1.807) is 23.9 Å². The van der Waals surface area contributed by atoms with Crippen LogP contribution in [0.25, 0.3) is 0 Å². The average Bonchev–Trinajstić information content (AvgIpc) is 2.34. The van der Waals surface area contributed by atoms with Crippen molar-refractivity contribution in [3.63, 3.8) is 0 Å². The third kappa shape index (κ3) is 3.55. The van der Waals surface area contributed by atoms with Crippen LogP contribution in [0.2, 0.25) is 0 Å². The summed E-state index contributed by atoms with van der Waals surface area (Å²) in [6.45, 7) is 2.40. The van der Waals surface area contributed by atoms with Gasteiger partial charge in [0.25, 0.3) is 0 Å². The fraction of sp³-hybridized carbons (Fsp3) is 0.364. The number of ether oxygens (including phenoxy) is 1. The van der Waals surface area contributed by atoms with E-state index >= 15 is 0 Å². The van der Waals surface area contributed by atoms with Crippen molar-refractivity contribution in [1.82, 2.24) is 4.98 Å². The molecule has 0 atom stereocenters. The Morgan fingerprint density at radius 1 is 1.69 bits per heavy atom. The molecule has 1 heterocycles. The zero-order valence-electron chi connectivity index (χ0n) is 8.97. The van der Waals surface area contributed by atoms with E-state index in [-0.39, 0.29) is 11.3 Å². The SMILES string of the molecule is CCSCCOC(=O)c1cccnc1C#N. The van der Waals surface area contributed by atoms with E-state index in [4.69, 9.17) is 10.00 Å². The van der Waals surface area contributed by atoms with Crippen molar-refractivity contribution in [2.75, 3.05) is 18.1 Å². The van der Waals surface area contributed by atoms with E-state index in [2.05, 4.69) is 4.98 Å². The van der Waals surface area contributed by atoms with Crippen LogP contribution in [0.15, 0.2) is 18.3 Å². The number of esters is 1. The van der Waals surface area contributed by atoms with Gasteiger partial charge in [-0.3, -0.25) is 0 Å². The monoisotopic (exact) mass is 236 g/mol. The molecule has 5 heteroatoms. The van der Waals surface area contributed by atoms with Gasteiger partial charge in [0, 0.05) is 11.9 Å². The van der Waals surface area contributed by atoms with Crippen molar-refractivity contribution in [3.05, 3.63) is 29.6 Å². The minimum Gasteiger partial charge on any atom is -0.461 e. The van der Waals surface area contributed by atoms with E-state index in [9.17, 15) is 4.79 Å². The summed E-state index contributed by atoms with van der Waals surface area (Å²) in [5.41, 5.74) is 0.335. The Bertz CT molecular complexity index is 401. The number of carbonyl (C=O) groups excluding carboxylic acids is 1. The van der Waals surface area contributed by atoms with Gasteiger partial charge in [-0.15, -0.1) is 0 Å². The van der Waals surface area contributed by atoms with E-state index < -0.39 is 5.97 Å². The highest BCUT2D eigenvalue weighted by Crippen LogP contribution is 2.06. The number of thioether (sulfide) groups is 1. The molecule has 0 radical (unpaired) electrons. The lowest BCUT2D eigenvalue weighted by atomic mass is 10.2. The van der Waals surface area contributed by atoms with Gasteiger partial charge in [-0.1, -0.05) is 6.92 Å². The van der Waals surface area contributed by atoms with Crippen molar-refractivity contribution >= 4 is 17.7 Å². The number of nitriles is 1. The normalized spacial score (nSPS) is 9.50. The lowest BCUT2D eigenvalue weighted by Gasteiger charge is -2.04. The van der Waals surface area contributed by atoms with Crippen LogP contribution < -0.4 is 0 Å². The van der Waals surface area contributed by atoms with Crippen LogP contribution in [-0.2, 0) is 4.74 Å². The van der Waals surface area contributed by atoms with Crippen molar-refractivity contribution in [2.45, 2.75) is 6.92 Å². The first-order valence-corrected chi connectivity index (χ1v) is 6.05. The number of carbonyl (C=O) groups is 1. The summed E-state index contributed by atoms with van der Waals surface area (Å²) in [6.07, 6.45) is 1.47. The number of rotatable bonds is 5. The smallest absolute Gasteiger partial charge is 0.341 e. The Morgan fingerprint density at radius 2 is 2.50 bits per heavy atom. The molecule has 4 nitrogen and oxygen atoms in total. The molecule has 0 bridgehead atoms. The van der Waals surface area contributed by atoms with Gasteiger partial charge in [0.15, 0.2) is 5.69 Å². The molecular weight excluding hydrogens is 224 g/mol. The highest BCUT2D eigenvalue weighted by Gasteiger charge is 2.12. The Kier molecular flexibility index (Phi) is 5.37. The quantitative estimate of drug-likeness (QED) is 0.577. The molecule has 0 amide bonds. The molecule has 0 aliphatic heterocycles. The summed E-state index contributed by atoms with van der Waals surface area (Å²) in [7, 11) is 0. The zero-order chi connectivity index (χ0) is 11.8. The van der Waals surface area contributed by atoms with E-state index in [1.165, 1.54) is 6.20 Å². The first-order chi connectivity index (χ1) is 7.79. The highest BCUT2D eigenvalue weighted by molar-refractivity contribution is 7.99. The highest BCUT2D eigenvalue weighted by atomic mass is 32.2. The average molecular weight is 236 g/mol. The van der Waals surface area contributed by atoms with Gasteiger partial charge >= 0.3 is 5.97 Å². The van der Waals surface area contributed by atoms with Gasteiger partial charge in [0.05, 0.1) is 5.56 Å². The topological polar surface area (TPSA) is 63.0 Å². The number of hydrogen-bond acceptors (Lipinski definition) is 5. The molecule has 0 N–H and O–H groups in total. The maximum Gasteiger partial charge on any atom is 0.341 e. The molecule has 0 fully saturated rings. The Labute approximate surface area is 98.6 Å². The minimum atomic E-state index is -0.485. The Hall–Kier alpha value is -1.54. The molecular formula is C11H12N2O2S. The summed E-state index contributed by atoms with van der Waals surface area (Å²) < 4.78 is 5.02. The summed E-state index contributed by atoms with van der Waals surface area (Å²) in [5.74, 6) is 1.28. The number of hydrogen-bond donors (Lipinski definition) is 0. The summed E-state index contributed by atoms with van der Waals surface area (Å²) in [4.78, 5) is 15.4. The minimum absolute atomic E-state index is 0.107. The molecule has 1 rings (SSSR count). The fourth-order valence-corrected chi connectivity index (χ4v) is 1.56. The van der Waals surface area contributed by atoms with Crippen LogP contribution in [0.1, 0.15) is 23.0 Å². The van der Waals surface area contributed by atoms with Crippen LogP contribution in [-0.4, -0.2) is 29.1 Å². The molecule has 0 unspecified atom stereocenters. The second-order valence-electron chi connectivity index (χ2n) is 2.84. The molecule has 1 aromatic heterocycles. The van der Waals surface area contributed by atoms with Gasteiger partial charge in [0.1, 0.15) is 12.7 Å². The summed E-state index contributed by atoms with van der Waals surface area (Å²) in [6, 6.07) is 5.01. The van der Waals surface area contributed by atoms with Gasteiger partial charge in [0.2, 0.25) is 0 Å². The van der Waals surface area contributed by atoms with Gasteiger partial charge in [-0.25, -0.2) is 9.78 Å². The first-order valence-electron chi connectivity index (χ1n) is 4.89. The van der Waals surface area contributed by atoms with Crippen LogP contribution in [0, 0.1) is 11.3 Å². The van der Waals surface area contributed by atoms with Crippen LogP contribution in [0.5, 0.6) is 0 Å². The molecule has 0 aliphatic rings. The van der Waals surface area contributed by atoms with Crippen molar-refractivity contribution < 1.29 is 9.53 Å². The molecule has 0 spiro atoms. The van der Waals surface area contributed by atoms with Crippen LogP contribution in [0.4, 0.5) is 0 Å². The maximum absolute atomic E-state index is 11.6. The third-order valence-electron chi connectivity index (χ3n) is 1.80. The molecule has 0 aliphatic carbocycles. The van der Waals surface area contributed by atoms with Gasteiger partial charge < -0.3 is 4.74 Å². The molecule has 0 aromatic carbocycles. The Balaban J connectivity index is 2.56. The van der Waals surface area contributed by atoms with Gasteiger partial charge in [-0.2, -0.15) is 17.0 Å². The molecule has 1 aromatic rings. The summed E-state index contributed by atoms with van der Waals surface area (Å²) in [5, 5.41) is 8.75. The largest absolute Gasteiger partial charge is 0.461 e. The third-order valence-corrected chi connectivity index (χ3v) is 2.66. The summed E-state index contributed by atoms with van der Waals surface area (Å²) >= 11 is 1.70. The predicted molar refractivity (Wildman–Crippen MR) is 62.2 cm³/mol.